The quantitative estimate of drug-likeness (QED) is 0.615. The predicted octanol–water partition coefficient (Wildman–Crippen LogP) is 2.65. The number of aromatic nitrogens is 3. The number of hydrogen-bond donors (Lipinski definition) is 2. The molecular formula is C24H23N5O3. The second kappa shape index (κ2) is 9.90. The molecule has 4 rings (SSSR count). The highest BCUT2D eigenvalue weighted by molar-refractivity contribution is 5.94. The van der Waals surface area contributed by atoms with Crippen LogP contribution in [0.5, 0.6) is 11.5 Å². The number of ether oxygens (including phenoxy) is 2. The van der Waals surface area contributed by atoms with Crippen molar-refractivity contribution in [3.63, 3.8) is 0 Å². The molecule has 8 heteroatoms. The zero-order valence-electron chi connectivity index (χ0n) is 17.9. The van der Waals surface area contributed by atoms with Gasteiger partial charge in [0.25, 0.3) is 0 Å². The Kier molecular flexibility index (Phi) is 6.58. The summed E-state index contributed by atoms with van der Waals surface area (Å²) in [7, 11) is 1.72. The van der Waals surface area contributed by atoms with E-state index in [0.29, 0.717) is 30.5 Å². The summed E-state index contributed by atoms with van der Waals surface area (Å²) in [5, 5.41) is 5.72. The Morgan fingerprint density at radius 3 is 2.62 bits per heavy atom. The van der Waals surface area contributed by atoms with Gasteiger partial charge < -0.3 is 20.1 Å². The third kappa shape index (κ3) is 5.02. The minimum Gasteiger partial charge on any atom is -0.490 e. The highest BCUT2D eigenvalue weighted by atomic mass is 16.5. The molecule has 0 saturated carbocycles. The van der Waals surface area contributed by atoms with Crippen LogP contribution in [0.2, 0.25) is 0 Å². The van der Waals surface area contributed by atoms with Crippen LogP contribution in [0, 0.1) is 11.8 Å². The van der Waals surface area contributed by atoms with Crippen LogP contribution in [-0.2, 0) is 4.79 Å². The van der Waals surface area contributed by atoms with Crippen molar-refractivity contribution < 1.29 is 14.3 Å². The lowest BCUT2D eigenvalue weighted by Crippen LogP contribution is -2.35. The average Bonchev–Trinajstić information content (AvgIpc) is 3.08. The first-order valence-corrected chi connectivity index (χ1v) is 10.3. The summed E-state index contributed by atoms with van der Waals surface area (Å²) >= 11 is 0. The fourth-order valence-electron chi connectivity index (χ4n) is 3.03. The maximum absolute atomic E-state index is 12.3. The van der Waals surface area contributed by atoms with Gasteiger partial charge in [-0.25, -0.2) is 15.0 Å². The van der Waals surface area contributed by atoms with Gasteiger partial charge >= 0.3 is 0 Å². The van der Waals surface area contributed by atoms with E-state index in [2.05, 4.69) is 37.4 Å². The molecule has 0 radical (unpaired) electrons. The number of rotatable bonds is 4. The van der Waals surface area contributed by atoms with Gasteiger partial charge in [0.15, 0.2) is 11.5 Å². The van der Waals surface area contributed by atoms with E-state index in [-0.39, 0.29) is 11.9 Å². The Hall–Kier alpha value is -3.96. The summed E-state index contributed by atoms with van der Waals surface area (Å²) in [5.41, 5.74) is 2.82. The lowest BCUT2D eigenvalue weighted by Gasteiger charge is -2.12. The topological polar surface area (TPSA) is 98.3 Å². The first kappa shape index (κ1) is 21.3. The molecule has 0 fully saturated rings. The largest absolute Gasteiger partial charge is 0.490 e. The number of nitrogens with one attached hydrogen (secondary N) is 2. The van der Waals surface area contributed by atoms with Gasteiger partial charge in [0, 0.05) is 35.5 Å². The van der Waals surface area contributed by atoms with E-state index in [1.807, 2.05) is 24.3 Å². The molecule has 8 nitrogen and oxygen atoms in total. The highest BCUT2D eigenvalue weighted by Gasteiger charge is 2.14. The van der Waals surface area contributed by atoms with E-state index in [4.69, 9.17) is 9.47 Å². The molecule has 0 aliphatic carbocycles. The second-order valence-corrected chi connectivity index (χ2v) is 7.18. The van der Waals surface area contributed by atoms with E-state index < -0.39 is 0 Å². The number of amides is 1. The fraction of sp³-hybridized carbons (Fsp3) is 0.250. The van der Waals surface area contributed by atoms with Crippen LogP contribution in [0.25, 0.3) is 11.1 Å². The number of anilines is 1. The monoisotopic (exact) mass is 429 g/mol. The lowest BCUT2D eigenvalue weighted by molar-refractivity contribution is -0.117. The van der Waals surface area contributed by atoms with Crippen LogP contribution in [0.1, 0.15) is 24.6 Å². The Labute approximate surface area is 186 Å². The molecule has 1 aliphatic heterocycles. The Bertz CT molecular complexity index is 1170. The molecule has 2 N–H and O–H groups in total. The van der Waals surface area contributed by atoms with Crippen molar-refractivity contribution in [2.45, 2.75) is 19.4 Å². The summed E-state index contributed by atoms with van der Waals surface area (Å²) in [6.45, 7) is 3.02. The van der Waals surface area contributed by atoms with Crippen molar-refractivity contribution >= 4 is 11.7 Å². The number of pyridine rings is 1. The molecule has 1 amide bonds. The number of benzene rings is 1. The molecule has 3 aromatic rings. The number of hydrogen-bond acceptors (Lipinski definition) is 7. The summed E-state index contributed by atoms with van der Waals surface area (Å²) in [4.78, 5) is 25.0. The van der Waals surface area contributed by atoms with Gasteiger partial charge in [-0.15, -0.1) is 0 Å². The van der Waals surface area contributed by atoms with Crippen LogP contribution in [0.3, 0.4) is 0 Å². The van der Waals surface area contributed by atoms with Gasteiger partial charge in [-0.3, -0.25) is 4.79 Å². The molecule has 1 aliphatic rings. The summed E-state index contributed by atoms with van der Waals surface area (Å²) in [6, 6.07) is 8.84. The molecule has 1 atom stereocenters. The number of fused-ring (bicyclic) bond motifs is 1. The van der Waals surface area contributed by atoms with Crippen LogP contribution in [-0.4, -0.2) is 47.2 Å². The Balaban J connectivity index is 1.69. The van der Waals surface area contributed by atoms with Gasteiger partial charge in [0.1, 0.15) is 17.8 Å². The third-order valence-electron chi connectivity index (χ3n) is 4.92. The van der Waals surface area contributed by atoms with Crippen molar-refractivity contribution in [3.05, 3.63) is 60.3 Å². The number of carbonyl (C=O) groups is 1. The van der Waals surface area contributed by atoms with Crippen LogP contribution >= 0.6 is 0 Å². The van der Waals surface area contributed by atoms with E-state index in [1.165, 1.54) is 6.33 Å². The van der Waals surface area contributed by atoms with E-state index in [9.17, 15) is 4.79 Å². The standard InChI is InChI=1S/C24H23N5O3/c1-16(25-2)24(30)29-23-9-6-19(18-13-26-15-27-14-18)20(28-23)7-4-17-5-8-21-22(12-17)32-11-3-10-31-21/h5-6,8-9,12-16,25H,3,10-11H2,1-2H3,(H,28,29,30). The SMILES string of the molecule is CNC(C)C(=O)Nc1ccc(-c2cncnc2)c(C#Cc2ccc3c(c2)OCCCO3)n1. The van der Waals surface area contributed by atoms with Crippen LogP contribution in [0.15, 0.2) is 49.1 Å². The molecule has 2 aromatic heterocycles. The summed E-state index contributed by atoms with van der Waals surface area (Å²) in [5.74, 6) is 7.90. The van der Waals surface area contributed by atoms with Crippen molar-refractivity contribution in [3.8, 4) is 34.5 Å². The normalized spacial score (nSPS) is 13.3. The minimum atomic E-state index is -0.352. The van der Waals surface area contributed by atoms with Gasteiger partial charge in [-0.05, 0) is 50.2 Å². The Morgan fingerprint density at radius 2 is 1.84 bits per heavy atom. The molecule has 1 unspecified atom stereocenters. The van der Waals surface area contributed by atoms with Crippen molar-refractivity contribution in [2.24, 2.45) is 0 Å². The average molecular weight is 429 g/mol. The van der Waals surface area contributed by atoms with Crippen LogP contribution in [0.4, 0.5) is 5.82 Å². The molecule has 0 saturated heterocycles. The zero-order chi connectivity index (χ0) is 22.3. The molecule has 1 aromatic carbocycles. The molecule has 32 heavy (non-hydrogen) atoms. The van der Waals surface area contributed by atoms with Gasteiger partial charge in [0.05, 0.1) is 19.3 Å². The number of likely N-dealkylation sites (N-methyl/N-ethyl adjacent to an activating group) is 1. The second-order valence-electron chi connectivity index (χ2n) is 7.18. The number of nitrogens with zero attached hydrogens (tertiary/aromatic N) is 3. The fourth-order valence-corrected chi connectivity index (χ4v) is 3.03. The van der Waals surface area contributed by atoms with Crippen LogP contribution < -0.4 is 20.1 Å². The van der Waals surface area contributed by atoms with Gasteiger partial charge in [-0.1, -0.05) is 5.92 Å². The molecule has 3 heterocycles. The van der Waals surface area contributed by atoms with E-state index >= 15 is 0 Å². The van der Waals surface area contributed by atoms with Gasteiger partial charge in [0.2, 0.25) is 5.91 Å². The maximum Gasteiger partial charge on any atom is 0.242 e. The van der Waals surface area contributed by atoms with E-state index in [1.54, 1.807) is 32.4 Å². The summed E-state index contributed by atoms with van der Waals surface area (Å²) in [6.07, 6.45) is 5.70. The van der Waals surface area contributed by atoms with Crippen molar-refractivity contribution in [2.75, 3.05) is 25.6 Å². The summed E-state index contributed by atoms with van der Waals surface area (Å²) < 4.78 is 11.4. The highest BCUT2D eigenvalue weighted by Crippen LogP contribution is 2.30. The molecular weight excluding hydrogens is 406 g/mol. The van der Waals surface area contributed by atoms with Crippen molar-refractivity contribution in [1.29, 1.82) is 0 Å². The predicted molar refractivity (Wildman–Crippen MR) is 120 cm³/mol. The molecule has 162 valence electrons. The minimum absolute atomic E-state index is 0.183. The van der Waals surface area contributed by atoms with E-state index in [0.717, 1.165) is 28.9 Å². The molecule has 0 bridgehead atoms. The first-order valence-electron chi connectivity index (χ1n) is 10.3. The Morgan fingerprint density at radius 1 is 1.06 bits per heavy atom. The third-order valence-corrected chi connectivity index (χ3v) is 4.92. The lowest BCUT2D eigenvalue weighted by atomic mass is 10.1. The number of carbonyl (C=O) groups excluding carboxylic acids is 1. The smallest absolute Gasteiger partial charge is 0.242 e. The van der Waals surface area contributed by atoms with Crippen molar-refractivity contribution in [1.82, 2.24) is 20.3 Å². The van der Waals surface area contributed by atoms with Gasteiger partial charge in [-0.2, -0.15) is 0 Å². The first-order chi connectivity index (χ1) is 15.6. The maximum atomic E-state index is 12.3. The zero-order valence-corrected chi connectivity index (χ0v) is 17.9. The molecule has 0 spiro atoms.